The fourth-order valence-corrected chi connectivity index (χ4v) is 4.17. The largest absolute Gasteiger partial charge is 0.0922 e. The van der Waals surface area contributed by atoms with Crippen LogP contribution in [0.15, 0.2) is 18.2 Å². The van der Waals surface area contributed by atoms with Crippen LogP contribution in [0.4, 0.5) is 0 Å². The molecule has 96 valence electrons. The van der Waals surface area contributed by atoms with Crippen molar-refractivity contribution < 1.29 is 0 Å². The summed E-state index contributed by atoms with van der Waals surface area (Å²) in [5.74, 6) is 0. The van der Waals surface area contributed by atoms with Gasteiger partial charge in [0.25, 0.3) is 0 Å². The Kier molecular flexibility index (Phi) is 6.86. The van der Waals surface area contributed by atoms with E-state index < -0.39 is 0 Å². The van der Waals surface area contributed by atoms with Gasteiger partial charge in [0.2, 0.25) is 0 Å². The van der Waals surface area contributed by atoms with Crippen molar-refractivity contribution >= 4 is 55.1 Å². The lowest BCUT2D eigenvalue weighted by atomic mass is 9.82. The molecule has 0 bridgehead atoms. The highest BCUT2D eigenvalue weighted by atomic mass is 79.9. The normalized spacial score (nSPS) is 11.8. The molecule has 1 aromatic carbocycles. The number of rotatable bonds is 6. The third-order valence-corrected chi connectivity index (χ3v) is 6.03. The van der Waals surface area contributed by atoms with Crippen LogP contribution in [0, 0.1) is 5.41 Å². The average molecular weight is 403 g/mol. The summed E-state index contributed by atoms with van der Waals surface area (Å²) >= 11 is 19.3. The first-order chi connectivity index (χ1) is 8.06. The molecule has 0 unspecified atom stereocenters. The second-order valence-corrected chi connectivity index (χ2v) is 6.38. The maximum absolute atomic E-state index is 6.05. The Morgan fingerprint density at radius 1 is 1.12 bits per heavy atom. The lowest BCUT2D eigenvalue weighted by Crippen LogP contribution is -2.27. The monoisotopic (exact) mass is 400 g/mol. The highest BCUT2D eigenvalue weighted by molar-refractivity contribution is 9.09. The lowest BCUT2D eigenvalue weighted by molar-refractivity contribution is 0.352. The molecule has 4 heteroatoms. The van der Waals surface area contributed by atoms with Gasteiger partial charge in [0, 0.05) is 10.7 Å². The van der Waals surface area contributed by atoms with Crippen LogP contribution in [0.2, 0.25) is 10.0 Å². The molecule has 17 heavy (non-hydrogen) atoms. The van der Waals surface area contributed by atoms with E-state index in [4.69, 9.17) is 23.2 Å². The minimum Gasteiger partial charge on any atom is -0.0922 e. The highest BCUT2D eigenvalue weighted by Gasteiger charge is 2.27. The topological polar surface area (TPSA) is 0 Å². The Bertz CT molecular complexity index is 362. The molecule has 0 heterocycles. The van der Waals surface area contributed by atoms with Crippen LogP contribution in [-0.4, -0.2) is 10.7 Å². The summed E-state index contributed by atoms with van der Waals surface area (Å²) in [6, 6.07) is 5.90. The number of halogens is 4. The van der Waals surface area contributed by atoms with Crippen LogP contribution < -0.4 is 0 Å². The van der Waals surface area contributed by atoms with Crippen LogP contribution in [0.3, 0.4) is 0 Å². The highest BCUT2D eigenvalue weighted by Crippen LogP contribution is 2.34. The van der Waals surface area contributed by atoms with Crippen molar-refractivity contribution in [2.45, 2.75) is 26.2 Å². The summed E-state index contributed by atoms with van der Waals surface area (Å²) in [5, 5.41) is 3.23. The fraction of sp³-hybridized carbons (Fsp3) is 0.538. The van der Waals surface area contributed by atoms with Crippen LogP contribution in [0.25, 0.3) is 0 Å². The summed E-state index contributed by atoms with van der Waals surface area (Å²) < 4.78 is 0. The van der Waals surface area contributed by atoms with E-state index >= 15 is 0 Å². The zero-order valence-electron chi connectivity index (χ0n) is 9.78. The first-order valence-electron chi connectivity index (χ1n) is 5.63. The van der Waals surface area contributed by atoms with Gasteiger partial charge in [-0.2, -0.15) is 0 Å². The molecule has 0 radical (unpaired) electrons. The van der Waals surface area contributed by atoms with E-state index in [-0.39, 0.29) is 5.41 Å². The second kappa shape index (κ2) is 7.37. The molecule has 0 nitrogen and oxygen atoms in total. The van der Waals surface area contributed by atoms with Crippen LogP contribution in [0.1, 0.15) is 25.3 Å². The van der Waals surface area contributed by atoms with E-state index in [1.165, 1.54) is 18.4 Å². The summed E-state index contributed by atoms with van der Waals surface area (Å²) in [4.78, 5) is 0. The van der Waals surface area contributed by atoms with E-state index in [2.05, 4.69) is 44.8 Å². The molecule has 0 amide bonds. The molecule has 0 spiro atoms. The SMILES string of the molecule is CCCC(CBr)(CBr)Cc1ccc(Cl)c(Cl)c1. The number of alkyl halides is 2. The Hall–Kier alpha value is 0.760. The maximum atomic E-state index is 6.05. The van der Waals surface area contributed by atoms with Crippen molar-refractivity contribution in [3.8, 4) is 0 Å². The fourth-order valence-electron chi connectivity index (χ4n) is 1.97. The molecule has 0 aliphatic rings. The van der Waals surface area contributed by atoms with Crippen molar-refractivity contribution in [1.29, 1.82) is 0 Å². The molecule has 0 saturated carbocycles. The molecule has 1 aromatic rings. The second-order valence-electron chi connectivity index (χ2n) is 4.44. The van der Waals surface area contributed by atoms with Gasteiger partial charge in [-0.15, -0.1) is 0 Å². The summed E-state index contributed by atoms with van der Waals surface area (Å²) in [6.07, 6.45) is 3.37. The molecule has 0 fully saturated rings. The van der Waals surface area contributed by atoms with Crippen LogP contribution in [0.5, 0.6) is 0 Å². The molecule has 1 rings (SSSR count). The minimum atomic E-state index is 0.256. The smallest absolute Gasteiger partial charge is 0.0595 e. The third kappa shape index (κ3) is 4.41. The molecule has 0 atom stereocenters. The van der Waals surface area contributed by atoms with Gasteiger partial charge in [-0.25, -0.2) is 0 Å². The maximum Gasteiger partial charge on any atom is 0.0595 e. The Labute approximate surface area is 130 Å². The number of benzene rings is 1. The standard InChI is InChI=1S/C13H16Br2Cl2/c1-2-5-13(8-14,9-15)7-10-3-4-11(16)12(17)6-10/h3-4,6H,2,5,7-9H2,1H3. The Morgan fingerprint density at radius 2 is 1.76 bits per heavy atom. The van der Waals surface area contributed by atoms with E-state index in [1.807, 2.05) is 12.1 Å². The van der Waals surface area contributed by atoms with Crippen LogP contribution >= 0.6 is 55.1 Å². The summed E-state index contributed by atoms with van der Waals surface area (Å²) in [6.45, 7) is 2.22. The van der Waals surface area contributed by atoms with Gasteiger partial charge in [0.05, 0.1) is 10.0 Å². The Morgan fingerprint density at radius 3 is 2.24 bits per heavy atom. The summed E-state index contributed by atoms with van der Waals surface area (Å²) in [7, 11) is 0. The van der Waals surface area contributed by atoms with Crippen molar-refractivity contribution in [2.75, 3.05) is 10.7 Å². The van der Waals surface area contributed by atoms with E-state index in [0.29, 0.717) is 10.0 Å². The quantitative estimate of drug-likeness (QED) is 0.503. The number of hydrogen-bond donors (Lipinski definition) is 0. The van der Waals surface area contributed by atoms with Crippen LogP contribution in [-0.2, 0) is 6.42 Å². The van der Waals surface area contributed by atoms with Gasteiger partial charge >= 0.3 is 0 Å². The van der Waals surface area contributed by atoms with E-state index in [1.54, 1.807) is 0 Å². The Balaban J connectivity index is 2.89. The summed E-state index contributed by atoms with van der Waals surface area (Å²) in [5.41, 5.74) is 1.50. The lowest BCUT2D eigenvalue weighted by Gasteiger charge is -2.30. The molecule has 0 aliphatic heterocycles. The van der Waals surface area contributed by atoms with Crippen molar-refractivity contribution in [3.63, 3.8) is 0 Å². The molecule has 0 N–H and O–H groups in total. The average Bonchev–Trinajstić information content (AvgIpc) is 2.33. The van der Waals surface area contributed by atoms with E-state index in [9.17, 15) is 0 Å². The molecule has 0 saturated heterocycles. The molecule has 0 aliphatic carbocycles. The molecule has 0 aromatic heterocycles. The predicted molar refractivity (Wildman–Crippen MR) is 85.1 cm³/mol. The van der Waals surface area contributed by atoms with Crippen molar-refractivity contribution in [1.82, 2.24) is 0 Å². The first-order valence-corrected chi connectivity index (χ1v) is 8.62. The molecular weight excluding hydrogens is 387 g/mol. The van der Waals surface area contributed by atoms with Crippen molar-refractivity contribution in [2.24, 2.45) is 5.41 Å². The van der Waals surface area contributed by atoms with Gasteiger partial charge < -0.3 is 0 Å². The van der Waals surface area contributed by atoms with Gasteiger partial charge in [-0.3, -0.25) is 0 Å². The van der Waals surface area contributed by atoms with E-state index in [0.717, 1.165) is 17.1 Å². The van der Waals surface area contributed by atoms with Gasteiger partial charge in [-0.1, -0.05) is 74.5 Å². The van der Waals surface area contributed by atoms with Gasteiger partial charge in [0.1, 0.15) is 0 Å². The first kappa shape index (κ1) is 15.8. The zero-order chi connectivity index (χ0) is 12.9. The van der Waals surface area contributed by atoms with Gasteiger partial charge in [0.15, 0.2) is 0 Å². The minimum absolute atomic E-state index is 0.256. The van der Waals surface area contributed by atoms with Gasteiger partial charge in [-0.05, 0) is 36.0 Å². The zero-order valence-corrected chi connectivity index (χ0v) is 14.5. The third-order valence-electron chi connectivity index (χ3n) is 2.91. The van der Waals surface area contributed by atoms with Crippen molar-refractivity contribution in [3.05, 3.63) is 33.8 Å². The molecular formula is C13H16Br2Cl2. The number of hydrogen-bond acceptors (Lipinski definition) is 0. The predicted octanol–water partition coefficient (Wildman–Crippen LogP) is 6.11.